The van der Waals surface area contributed by atoms with E-state index in [0.717, 1.165) is 25.7 Å². The third kappa shape index (κ3) is 2.83. The van der Waals surface area contributed by atoms with E-state index in [1.54, 1.807) is 0 Å². The van der Waals surface area contributed by atoms with Crippen molar-refractivity contribution in [2.45, 2.75) is 50.9 Å². The van der Waals surface area contributed by atoms with E-state index in [-0.39, 0.29) is 0 Å². The lowest BCUT2D eigenvalue weighted by Gasteiger charge is -2.33. The maximum atomic E-state index is 12.7. The van der Waals surface area contributed by atoms with Crippen molar-refractivity contribution in [3.8, 4) is 0 Å². The molecule has 2 rings (SSSR count). The summed E-state index contributed by atoms with van der Waals surface area (Å²) < 4.78 is 0. The van der Waals surface area contributed by atoms with Crippen LogP contribution in [0.3, 0.4) is 0 Å². The zero-order valence-electron chi connectivity index (χ0n) is 13.9. The molecule has 0 aromatic heterocycles. The minimum absolute atomic E-state index is 0.371. The van der Waals surface area contributed by atoms with Crippen molar-refractivity contribution >= 4 is 23.9 Å². The Morgan fingerprint density at radius 1 is 0.792 bits per heavy atom. The second kappa shape index (κ2) is 6.93. The van der Waals surface area contributed by atoms with Crippen LogP contribution in [-0.2, 0) is 9.59 Å². The van der Waals surface area contributed by atoms with Crippen molar-refractivity contribution in [1.82, 2.24) is 31.9 Å². The van der Waals surface area contributed by atoms with Crippen LogP contribution < -0.4 is 31.9 Å². The summed E-state index contributed by atoms with van der Waals surface area (Å²) in [7, 11) is 0. The fraction of sp³-hybridized carbons (Fsp3) is 0.714. The molecule has 2 fully saturated rings. The van der Waals surface area contributed by atoms with Crippen LogP contribution in [0.4, 0.5) is 9.59 Å². The minimum Gasteiger partial charge on any atom is -0.352 e. The summed E-state index contributed by atoms with van der Waals surface area (Å²) in [5, 5.41) is 14.8. The number of nitrogens with one attached hydrogen (secondary N) is 6. The normalized spacial score (nSPS) is 27.4. The summed E-state index contributed by atoms with van der Waals surface area (Å²) in [6.45, 7) is 4.67. The van der Waals surface area contributed by atoms with Gasteiger partial charge in [0.2, 0.25) is 11.3 Å². The van der Waals surface area contributed by atoms with Crippen molar-refractivity contribution in [2.24, 2.45) is 0 Å². The van der Waals surface area contributed by atoms with Crippen LogP contribution in [0.25, 0.3) is 0 Å². The highest BCUT2D eigenvalue weighted by molar-refractivity contribution is 6.11. The first kappa shape index (κ1) is 17.8. The molecule has 0 spiro atoms. The highest BCUT2D eigenvalue weighted by Gasteiger charge is 2.73. The zero-order chi connectivity index (χ0) is 17.8. The Morgan fingerprint density at radius 2 is 1.12 bits per heavy atom. The largest absolute Gasteiger partial charge is 0.352 e. The first-order valence-electron chi connectivity index (χ1n) is 8.19. The summed E-state index contributed by atoms with van der Waals surface area (Å²) in [6, 6.07) is -1.45. The number of urea groups is 2. The number of hydrogen-bond donors (Lipinski definition) is 6. The molecule has 2 aliphatic heterocycles. The number of rotatable bonds is 8. The summed E-state index contributed by atoms with van der Waals surface area (Å²) in [6.07, 6.45) is 3.21. The quantitative estimate of drug-likeness (QED) is 0.310. The molecular weight excluding hydrogens is 316 g/mol. The Labute approximate surface area is 139 Å². The van der Waals surface area contributed by atoms with Gasteiger partial charge in [-0.25, -0.2) is 9.59 Å². The van der Waals surface area contributed by atoms with Crippen LogP contribution in [0.15, 0.2) is 0 Å². The summed E-state index contributed by atoms with van der Waals surface area (Å²) in [4.78, 5) is 49.0. The first-order valence-corrected chi connectivity index (χ1v) is 8.19. The second-order valence-corrected chi connectivity index (χ2v) is 5.88. The number of unbranched alkanes of at least 4 members (excludes halogenated alkanes) is 2. The van der Waals surface area contributed by atoms with E-state index in [1.165, 1.54) is 0 Å². The molecule has 0 atom stereocenters. The van der Waals surface area contributed by atoms with Gasteiger partial charge in [0.05, 0.1) is 0 Å². The predicted molar refractivity (Wildman–Crippen MR) is 84.6 cm³/mol. The predicted octanol–water partition coefficient (Wildman–Crippen LogP) is -1.16. The standard InChI is InChI=1S/C14H24N6O4/c1-3-5-7-15-9(21)13-14(19-11(23)17-13,20-12(24)18-13)10(22)16-8-6-4-2/h3-8H2,1-2H3,(H,15,21)(H,16,22)(H2,17,19,23)(H2,18,20,24). The van der Waals surface area contributed by atoms with Crippen LogP contribution >= 0.6 is 0 Å². The molecule has 2 aliphatic rings. The number of fused-ring (bicyclic) bond motifs is 1. The monoisotopic (exact) mass is 340 g/mol. The van der Waals surface area contributed by atoms with Gasteiger partial charge in [0.1, 0.15) is 0 Å². The second-order valence-electron chi connectivity index (χ2n) is 5.88. The number of amides is 6. The highest BCUT2D eigenvalue weighted by atomic mass is 16.2. The molecule has 0 aliphatic carbocycles. The molecular formula is C14H24N6O4. The molecule has 10 nitrogen and oxygen atoms in total. The molecule has 2 saturated heterocycles. The maximum absolute atomic E-state index is 12.7. The van der Waals surface area contributed by atoms with Crippen LogP contribution in [0, 0.1) is 0 Å². The maximum Gasteiger partial charge on any atom is 0.319 e. The Morgan fingerprint density at radius 3 is 1.42 bits per heavy atom. The fourth-order valence-electron chi connectivity index (χ4n) is 2.77. The zero-order valence-corrected chi connectivity index (χ0v) is 13.9. The van der Waals surface area contributed by atoms with Crippen LogP contribution in [0.2, 0.25) is 0 Å². The van der Waals surface area contributed by atoms with Crippen molar-refractivity contribution in [1.29, 1.82) is 0 Å². The molecule has 0 radical (unpaired) electrons. The van der Waals surface area contributed by atoms with Crippen molar-refractivity contribution in [3.63, 3.8) is 0 Å². The Bertz CT molecular complexity index is 485. The van der Waals surface area contributed by atoms with E-state index in [9.17, 15) is 19.2 Å². The van der Waals surface area contributed by atoms with Crippen LogP contribution in [0.1, 0.15) is 39.5 Å². The molecule has 6 amide bonds. The van der Waals surface area contributed by atoms with Crippen molar-refractivity contribution < 1.29 is 19.2 Å². The van der Waals surface area contributed by atoms with Gasteiger partial charge in [0, 0.05) is 13.1 Å². The number of carbonyl (C=O) groups is 4. The Hall–Kier alpha value is -2.52. The molecule has 6 N–H and O–H groups in total. The van der Waals surface area contributed by atoms with E-state index in [2.05, 4.69) is 31.9 Å². The Balaban J connectivity index is 2.27. The number of hydrogen-bond acceptors (Lipinski definition) is 4. The molecule has 2 heterocycles. The summed E-state index contributed by atoms with van der Waals surface area (Å²) in [5.41, 5.74) is -3.82. The topological polar surface area (TPSA) is 140 Å². The fourth-order valence-corrected chi connectivity index (χ4v) is 2.77. The van der Waals surface area contributed by atoms with E-state index >= 15 is 0 Å². The van der Waals surface area contributed by atoms with E-state index in [1.807, 2.05) is 13.8 Å². The lowest BCUT2D eigenvalue weighted by atomic mass is 9.93. The summed E-state index contributed by atoms with van der Waals surface area (Å²) >= 11 is 0. The average molecular weight is 340 g/mol. The molecule has 24 heavy (non-hydrogen) atoms. The van der Waals surface area contributed by atoms with Crippen LogP contribution in [-0.4, -0.2) is 48.3 Å². The summed E-state index contributed by atoms with van der Waals surface area (Å²) in [5.74, 6) is -1.31. The van der Waals surface area contributed by atoms with Gasteiger partial charge in [-0.2, -0.15) is 0 Å². The van der Waals surface area contributed by atoms with E-state index in [4.69, 9.17) is 0 Å². The molecule has 0 aromatic rings. The average Bonchev–Trinajstić information content (AvgIpc) is 2.95. The van der Waals surface area contributed by atoms with Gasteiger partial charge in [-0.15, -0.1) is 0 Å². The van der Waals surface area contributed by atoms with Gasteiger partial charge in [-0.05, 0) is 12.8 Å². The SMILES string of the molecule is CCCCNC(=O)C12NC(=O)NC1(C(=O)NCCCC)NC(=O)N2. The molecule has 134 valence electrons. The van der Waals surface area contributed by atoms with Gasteiger partial charge in [-0.1, -0.05) is 26.7 Å². The van der Waals surface area contributed by atoms with Gasteiger partial charge in [0.25, 0.3) is 11.8 Å². The van der Waals surface area contributed by atoms with Crippen LogP contribution in [0.5, 0.6) is 0 Å². The first-order chi connectivity index (χ1) is 11.4. The van der Waals surface area contributed by atoms with Gasteiger partial charge in [-0.3, -0.25) is 9.59 Å². The number of carbonyl (C=O) groups excluding carboxylic acids is 4. The Kier molecular flexibility index (Phi) is 5.15. The molecule has 0 saturated carbocycles. The van der Waals surface area contributed by atoms with E-state index in [0.29, 0.717) is 13.1 Å². The van der Waals surface area contributed by atoms with Gasteiger partial charge < -0.3 is 31.9 Å². The molecule has 0 aromatic carbocycles. The molecule has 10 heteroatoms. The van der Waals surface area contributed by atoms with Gasteiger partial charge >= 0.3 is 12.1 Å². The molecule has 0 unspecified atom stereocenters. The third-order valence-corrected chi connectivity index (χ3v) is 4.08. The smallest absolute Gasteiger partial charge is 0.319 e. The lowest BCUT2D eigenvalue weighted by molar-refractivity contribution is -0.138. The third-order valence-electron chi connectivity index (χ3n) is 4.08. The lowest BCUT2D eigenvalue weighted by Crippen LogP contribution is -2.77. The highest BCUT2D eigenvalue weighted by Crippen LogP contribution is 2.28. The van der Waals surface area contributed by atoms with Crippen molar-refractivity contribution in [2.75, 3.05) is 13.1 Å². The van der Waals surface area contributed by atoms with E-state index < -0.39 is 35.2 Å². The van der Waals surface area contributed by atoms with Crippen molar-refractivity contribution in [3.05, 3.63) is 0 Å². The minimum atomic E-state index is -1.91. The molecule has 0 bridgehead atoms. The van der Waals surface area contributed by atoms with Gasteiger partial charge in [0.15, 0.2) is 0 Å².